The Balaban J connectivity index is 1.98. The smallest absolute Gasteiger partial charge is 0.262 e. The zero-order valence-electron chi connectivity index (χ0n) is 11.6. The summed E-state index contributed by atoms with van der Waals surface area (Å²) in [6.07, 6.45) is 0. The number of carbonyl (C=O) groups is 1. The van der Waals surface area contributed by atoms with Gasteiger partial charge in [-0.3, -0.25) is 4.79 Å². The number of sulfonamides is 1. The summed E-state index contributed by atoms with van der Waals surface area (Å²) in [6, 6.07) is 9.16. The molecule has 3 N–H and O–H groups in total. The molecule has 0 unspecified atom stereocenters. The molecule has 23 heavy (non-hydrogen) atoms. The third-order valence-electron chi connectivity index (χ3n) is 2.71. The van der Waals surface area contributed by atoms with Gasteiger partial charge in [-0.2, -0.15) is 0 Å². The monoisotopic (exact) mass is 358 g/mol. The molecule has 0 fully saturated rings. The van der Waals surface area contributed by atoms with Gasteiger partial charge in [0.25, 0.3) is 5.91 Å². The summed E-state index contributed by atoms with van der Waals surface area (Å²) in [7, 11) is -3.86. The average molecular weight is 359 g/mol. The Morgan fingerprint density at radius 2 is 2.00 bits per heavy atom. The summed E-state index contributed by atoms with van der Waals surface area (Å²) in [6.45, 7) is -0.360. The van der Waals surface area contributed by atoms with Crippen LogP contribution in [0.25, 0.3) is 0 Å². The quantitative estimate of drug-likeness (QED) is 0.855. The molecule has 0 radical (unpaired) electrons. The van der Waals surface area contributed by atoms with E-state index in [1.807, 2.05) is 0 Å². The Morgan fingerprint density at radius 1 is 1.26 bits per heavy atom. The fraction of sp³-hybridized carbons (Fsp3) is 0.0714. The summed E-state index contributed by atoms with van der Waals surface area (Å²) < 4.78 is 40.6. The van der Waals surface area contributed by atoms with E-state index in [0.717, 1.165) is 6.07 Å². The van der Waals surface area contributed by atoms with Gasteiger partial charge in [-0.15, -0.1) is 0 Å². The number of anilines is 1. The van der Waals surface area contributed by atoms with Crippen molar-refractivity contribution in [3.8, 4) is 5.75 Å². The van der Waals surface area contributed by atoms with E-state index in [0.29, 0.717) is 0 Å². The lowest BCUT2D eigenvalue weighted by molar-refractivity contribution is -0.118. The maximum absolute atomic E-state index is 13.0. The van der Waals surface area contributed by atoms with Gasteiger partial charge in [-0.1, -0.05) is 17.7 Å². The first-order valence-corrected chi connectivity index (χ1v) is 8.19. The molecule has 0 aliphatic heterocycles. The van der Waals surface area contributed by atoms with Crippen LogP contribution in [-0.4, -0.2) is 20.9 Å². The second-order valence-electron chi connectivity index (χ2n) is 4.49. The van der Waals surface area contributed by atoms with E-state index in [1.165, 1.54) is 36.4 Å². The van der Waals surface area contributed by atoms with Gasteiger partial charge in [-0.05, 0) is 30.3 Å². The third-order valence-corrected chi connectivity index (χ3v) is 3.91. The highest BCUT2D eigenvalue weighted by Crippen LogP contribution is 2.21. The maximum Gasteiger partial charge on any atom is 0.262 e. The van der Waals surface area contributed by atoms with E-state index in [1.54, 1.807) is 0 Å². The normalized spacial score (nSPS) is 11.1. The molecule has 0 saturated carbocycles. The SMILES string of the molecule is NS(=O)(=O)c1cccc(NC(=O)COc2ccc(F)c(Cl)c2)c1. The predicted molar refractivity (Wildman–Crippen MR) is 83.3 cm³/mol. The number of nitrogens with one attached hydrogen (secondary N) is 1. The average Bonchev–Trinajstić information content (AvgIpc) is 2.48. The lowest BCUT2D eigenvalue weighted by Gasteiger charge is -2.09. The van der Waals surface area contributed by atoms with E-state index < -0.39 is 21.7 Å². The number of hydrogen-bond acceptors (Lipinski definition) is 4. The van der Waals surface area contributed by atoms with Gasteiger partial charge < -0.3 is 10.1 Å². The van der Waals surface area contributed by atoms with Gasteiger partial charge >= 0.3 is 0 Å². The molecule has 0 aliphatic carbocycles. The molecule has 0 bridgehead atoms. The molecule has 0 spiro atoms. The van der Waals surface area contributed by atoms with E-state index in [-0.39, 0.29) is 28.0 Å². The first-order valence-electron chi connectivity index (χ1n) is 6.26. The molecule has 0 heterocycles. The number of benzene rings is 2. The van der Waals surface area contributed by atoms with E-state index in [2.05, 4.69) is 5.32 Å². The van der Waals surface area contributed by atoms with Crippen molar-refractivity contribution in [3.05, 3.63) is 53.3 Å². The summed E-state index contributed by atoms with van der Waals surface area (Å²) in [5, 5.41) is 7.35. The Kier molecular flexibility index (Phi) is 5.19. The first-order chi connectivity index (χ1) is 10.8. The minimum absolute atomic E-state index is 0.122. The van der Waals surface area contributed by atoms with Crippen LogP contribution < -0.4 is 15.2 Å². The van der Waals surface area contributed by atoms with E-state index >= 15 is 0 Å². The van der Waals surface area contributed by atoms with Crippen LogP contribution in [0.4, 0.5) is 10.1 Å². The first kappa shape index (κ1) is 17.2. The Hall–Kier alpha value is -2.16. The van der Waals surface area contributed by atoms with Gasteiger partial charge in [0.1, 0.15) is 11.6 Å². The van der Waals surface area contributed by atoms with Crippen LogP contribution in [0.2, 0.25) is 5.02 Å². The number of ether oxygens (including phenoxy) is 1. The molecule has 2 aromatic rings. The second-order valence-corrected chi connectivity index (χ2v) is 6.45. The van der Waals surface area contributed by atoms with Crippen molar-refractivity contribution in [2.24, 2.45) is 5.14 Å². The Labute approximate surface area is 137 Å². The highest BCUT2D eigenvalue weighted by molar-refractivity contribution is 7.89. The molecule has 2 aromatic carbocycles. The largest absolute Gasteiger partial charge is 0.484 e. The molecular weight excluding hydrogens is 347 g/mol. The van der Waals surface area contributed by atoms with E-state index in [9.17, 15) is 17.6 Å². The van der Waals surface area contributed by atoms with Crippen molar-refractivity contribution in [1.29, 1.82) is 0 Å². The molecular formula is C14H12ClFN2O4S. The fourth-order valence-corrected chi connectivity index (χ4v) is 2.39. The van der Waals surface area contributed by atoms with Gasteiger partial charge in [0.05, 0.1) is 9.92 Å². The summed E-state index contributed by atoms with van der Waals surface area (Å²) in [5.41, 5.74) is 0.252. The van der Waals surface area contributed by atoms with Crippen LogP contribution in [0.15, 0.2) is 47.4 Å². The molecule has 0 aromatic heterocycles. The van der Waals surface area contributed by atoms with E-state index in [4.69, 9.17) is 21.5 Å². The van der Waals surface area contributed by atoms with Crippen LogP contribution in [0.1, 0.15) is 0 Å². The van der Waals surface area contributed by atoms with Crippen molar-refractivity contribution in [3.63, 3.8) is 0 Å². The van der Waals surface area contributed by atoms with Crippen molar-refractivity contribution in [2.75, 3.05) is 11.9 Å². The molecule has 6 nitrogen and oxygen atoms in total. The van der Waals surface area contributed by atoms with Gasteiger partial charge in [-0.25, -0.2) is 17.9 Å². The molecule has 0 saturated heterocycles. The van der Waals surface area contributed by atoms with Crippen molar-refractivity contribution < 1.29 is 22.3 Å². The number of hydrogen-bond donors (Lipinski definition) is 2. The fourth-order valence-electron chi connectivity index (χ4n) is 1.66. The van der Waals surface area contributed by atoms with Gasteiger partial charge in [0.15, 0.2) is 6.61 Å². The van der Waals surface area contributed by atoms with Crippen molar-refractivity contribution in [1.82, 2.24) is 0 Å². The van der Waals surface area contributed by atoms with Crippen LogP contribution in [0, 0.1) is 5.82 Å². The summed E-state index contributed by atoms with van der Waals surface area (Å²) >= 11 is 5.59. The number of carbonyl (C=O) groups excluding carboxylic acids is 1. The molecule has 0 atom stereocenters. The number of halogens is 2. The predicted octanol–water partition coefficient (Wildman–Crippen LogP) is 2.14. The number of amides is 1. The zero-order valence-corrected chi connectivity index (χ0v) is 13.2. The molecule has 1 amide bonds. The zero-order chi connectivity index (χ0) is 17.0. The Bertz CT molecular complexity index is 842. The van der Waals surface area contributed by atoms with Crippen molar-refractivity contribution >= 4 is 33.2 Å². The molecule has 2 rings (SSSR count). The molecule has 9 heteroatoms. The van der Waals surface area contributed by atoms with Gasteiger partial charge in [0.2, 0.25) is 10.0 Å². The van der Waals surface area contributed by atoms with Crippen LogP contribution in [0.3, 0.4) is 0 Å². The standard InChI is InChI=1S/C14H12ClFN2O4S/c15-12-7-10(4-5-13(12)16)22-8-14(19)18-9-2-1-3-11(6-9)23(17,20)21/h1-7H,8H2,(H,18,19)(H2,17,20,21). The van der Waals surface area contributed by atoms with Crippen LogP contribution in [0.5, 0.6) is 5.75 Å². The topological polar surface area (TPSA) is 98.5 Å². The van der Waals surface area contributed by atoms with Gasteiger partial charge in [0, 0.05) is 11.8 Å². The minimum Gasteiger partial charge on any atom is -0.484 e. The number of rotatable bonds is 5. The van der Waals surface area contributed by atoms with Crippen LogP contribution in [-0.2, 0) is 14.8 Å². The lowest BCUT2D eigenvalue weighted by Crippen LogP contribution is -2.20. The van der Waals surface area contributed by atoms with Crippen LogP contribution >= 0.6 is 11.6 Å². The highest BCUT2D eigenvalue weighted by Gasteiger charge is 2.10. The maximum atomic E-state index is 13.0. The Morgan fingerprint density at radius 3 is 2.65 bits per heavy atom. The summed E-state index contributed by atoms with van der Waals surface area (Å²) in [5.74, 6) is -0.898. The minimum atomic E-state index is -3.86. The molecule has 122 valence electrons. The third kappa shape index (κ3) is 4.92. The number of primary sulfonamides is 1. The lowest BCUT2D eigenvalue weighted by atomic mass is 10.3. The molecule has 0 aliphatic rings. The number of nitrogens with two attached hydrogens (primary N) is 1. The summed E-state index contributed by atoms with van der Waals surface area (Å²) in [4.78, 5) is 11.7. The highest BCUT2D eigenvalue weighted by atomic mass is 35.5. The second kappa shape index (κ2) is 6.95. The van der Waals surface area contributed by atoms with Crippen molar-refractivity contribution in [2.45, 2.75) is 4.90 Å².